The molecule has 0 amide bonds. The van der Waals surface area contributed by atoms with Gasteiger partial charge in [0.15, 0.2) is 5.75 Å². The van der Waals surface area contributed by atoms with E-state index in [0.29, 0.717) is 6.42 Å². The number of H-pyrrole nitrogens is 1. The van der Waals surface area contributed by atoms with Crippen molar-refractivity contribution < 1.29 is 24.3 Å². The average Bonchev–Trinajstić information content (AvgIpc) is 2.71. The van der Waals surface area contributed by atoms with Crippen LogP contribution in [0.25, 0.3) is 0 Å². The van der Waals surface area contributed by atoms with E-state index in [2.05, 4.69) is 15.3 Å². The lowest BCUT2D eigenvalue weighted by Crippen LogP contribution is -2.25. The number of carboxylic acids is 1. The van der Waals surface area contributed by atoms with Crippen molar-refractivity contribution in [3.8, 4) is 11.5 Å². The van der Waals surface area contributed by atoms with Crippen LogP contribution in [0.1, 0.15) is 31.0 Å². The number of aromatic amines is 1. The first-order chi connectivity index (χ1) is 14.3. The summed E-state index contributed by atoms with van der Waals surface area (Å²) < 4.78 is 11.3. The molecule has 30 heavy (non-hydrogen) atoms. The Bertz CT molecular complexity index is 1090. The Labute approximate surface area is 174 Å². The summed E-state index contributed by atoms with van der Waals surface area (Å²) in [5, 5.41) is 30.4. The molecule has 2 N–H and O–H groups in total. The highest BCUT2D eigenvalue weighted by Gasteiger charge is 2.22. The lowest BCUT2D eigenvalue weighted by atomic mass is 10.2. The van der Waals surface area contributed by atoms with E-state index in [1.807, 2.05) is 6.92 Å². The minimum atomic E-state index is -1.08. The number of carbonyl (C=O) groups is 1. The summed E-state index contributed by atoms with van der Waals surface area (Å²) >= 11 is 5.00. The molecule has 2 rings (SSSR count). The van der Waals surface area contributed by atoms with E-state index in [9.17, 15) is 19.7 Å². The standard InChI is InChI=1S/C17H19N5O7S/c1-3-6-29-15-12(22(26)27)7-10(8-13(15)28-2)9-18-21-16(25)11(4-5-14(23)24)19-20-17(21)30/h7-9H,3-6H2,1-2H3,(H,20,30)(H,23,24)/b18-9-. The third-order valence-electron chi connectivity index (χ3n) is 3.74. The number of hydrogen-bond acceptors (Lipinski definition) is 9. The molecule has 1 aromatic heterocycles. The fourth-order valence-electron chi connectivity index (χ4n) is 2.36. The van der Waals surface area contributed by atoms with Crippen LogP contribution >= 0.6 is 12.2 Å². The molecule has 0 spiro atoms. The molecule has 1 heterocycles. The molecule has 0 aliphatic heterocycles. The average molecular weight is 437 g/mol. The van der Waals surface area contributed by atoms with Crippen molar-refractivity contribution >= 4 is 30.1 Å². The van der Waals surface area contributed by atoms with Gasteiger partial charge in [-0.2, -0.15) is 14.9 Å². The quantitative estimate of drug-likeness (QED) is 0.245. The number of aryl methyl sites for hydroxylation is 1. The van der Waals surface area contributed by atoms with E-state index in [0.717, 1.165) is 4.68 Å². The van der Waals surface area contributed by atoms with Crippen LogP contribution in [0.3, 0.4) is 0 Å². The summed E-state index contributed by atoms with van der Waals surface area (Å²) in [7, 11) is 1.34. The van der Waals surface area contributed by atoms with Crippen LogP contribution in [0.15, 0.2) is 22.0 Å². The lowest BCUT2D eigenvalue weighted by Gasteiger charge is -2.11. The molecule has 0 aliphatic rings. The molecule has 13 heteroatoms. The van der Waals surface area contributed by atoms with Gasteiger partial charge in [-0.25, -0.2) is 0 Å². The minimum absolute atomic E-state index is 0.00386. The number of methoxy groups -OCH3 is 1. The van der Waals surface area contributed by atoms with Crippen LogP contribution in [0, 0.1) is 14.9 Å². The van der Waals surface area contributed by atoms with Gasteiger partial charge in [-0.05, 0) is 24.7 Å². The monoisotopic (exact) mass is 437 g/mol. The SMILES string of the molecule is CCCOc1c(OC)cc(/C=N\n2c(=S)[nH]nc(CCC(=O)O)c2=O)cc1[N+](=O)[O-]. The summed E-state index contributed by atoms with van der Waals surface area (Å²) in [6.45, 7) is 2.13. The number of nitro groups is 1. The van der Waals surface area contributed by atoms with Gasteiger partial charge in [0.25, 0.3) is 5.56 Å². The summed E-state index contributed by atoms with van der Waals surface area (Å²) in [5.41, 5.74) is -0.818. The number of aliphatic carboxylic acids is 1. The van der Waals surface area contributed by atoms with Crippen LogP contribution in [-0.4, -0.2) is 50.8 Å². The second-order valence-corrected chi connectivity index (χ2v) is 6.29. The maximum atomic E-state index is 12.4. The van der Waals surface area contributed by atoms with E-state index >= 15 is 0 Å². The normalized spacial score (nSPS) is 10.9. The van der Waals surface area contributed by atoms with Crippen molar-refractivity contribution in [1.82, 2.24) is 14.9 Å². The van der Waals surface area contributed by atoms with Crippen LogP contribution in [-0.2, 0) is 11.2 Å². The number of nitrogens with one attached hydrogen (secondary N) is 1. The van der Waals surface area contributed by atoms with Crippen LogP contribution in [0.2, 0.25) is 0 Å². The van der Waals surface area contributed by atoms with Crippen LogP contribution in [0.5, 0.6) is 11.5 Å². The highest BCUT2D eigenvalue weighted by Crippen LogP contribution is 2.38. The van der Waals surface area contributed by atoms with E-state index in [4.69, 9.17) is 26.8 Å². The Hall–Kier alpha value is -3.61. The van der Waals surface area contributed by atoms with Gasteiger partial charge < -0.3 is 14.6 Å². The largest absolute Gasteiger partial charge is 0.493 e. The Morgan fingerprint density at radius 2 is 2.23 bits per heavy atom. The van der Waals surface area contributed by atoms with Gasteiger partial charge >= 0.3 is 11.7 Å². The predicted octanol–water partition coefficient (Wildman–Crippen LogP) is 1.91. The Morgan fingerprint density at radius 1 is 1.50 bits per heavy atom. The van der Waals surface area contributed by atoms with Crippen molar-refractivity contribution in [2.75, 3.05) is 13.7 Å². The first-order valence-electron chi connectivity index (χ1n) is 8.74. The molecule has 0 unspecified atom stereocenters. The third-order valence-corrected chi connectivity index (χ3v) is 4.00. The Balaban J connectivity index is 2.47. The molecule has 0 atom stereocenters. The molecule has 2 aromatic rings. The molecule has 0 fully saturated rings. The fraction of sp³-hybridized carbons (Fsp3) is 0.353. The van der Waals surface area contributed by atoms with E-state index < -0.39 is 16.5 Å². The first kappa shape index (κ1) is 22.7. The number of nitrogens with zero attached hydrogens (tertiary/aromatic N) is 4. The van der Waals surface area contributed by atoms with Gasteiger partial charge in [0.1, 0.15) is 5.69 Å². The lowest BCUT2D eigenvalue weighted by molar-refractivity contribution is -0.386. The maximum Gasteiger partial charge on any atom is 0.315 e. The molecular formula is C17H19N5O7S. The zero-order valence-corrected chi connectivity index (χ0v) is 17.0. The number of carboxylic acid groups (broad SMARTS) is 1. The van der Waals surface area contributed by atoms with Crippen molar-refractivity contribution in [2.45, 2.75) is 26.2 Å². The van der Waals surface area contributed by atoms with Crippen molar-refractivity contribution in [1.29, 1.82) is 0 Å². The number of benzene rings is 1. The number of hydrogen-bond donors (Lipinski definition) is 2. The van der Waals surface area contributed by atoms with Crippen molar-refractivity contribution in [3.63, 3.8) is 0 Å². The summed E-state index contributed by atoms with van der Waals surface area (Å²) in [4.78, 5) is 34.0. The van der Waals surface area contributed by atoms with Gasteiger partial charge in [0.2, 0.25) is 10.5 Å². The summed E-state index contributed by atoms with van der Waals surface area (Å²) in [5.74, 6) is -0.956. The Morgan fingerprint density at radius 3 is 2.83 bits per heavy atom. The van der Waals surface area contributed by atoms with Gasteiger partial charge in [0, 0.05) is 18.1 Å². The zero-order chi connectivity index (χ0) is 22.3. The maximum absolute atomic E-state index is 12.4. The number of nitro benzene ring substituents is 1. The van der Waals surface area contributed by atoms with Gasteiger partial charge in [-0.3, -0.25) is 24.8 Å². The molecule has 0 bridgehead atoms. The molecule has 1 aromatic carbocycles. The second kappa shape index (κ2) is 10.2. The van der Waals surface area contributed by atoms with E-state index in [-0.39, 0.29) is 52.7 Å². The molecule has 12 nitrogen and oxygen atoms in total. The summed E-state index contributed by atoms with van der Waals surface area (Å²) in [6.07, 6.45) is 1.43. The smallest absolute Gasteiger partial charge is 0.315 e. The van der Waals surface area contributed by atoms with Gasteiger partial charge in [-0.1, -0.05) is 6.92 Å². The number of ether oxygens (including phenoxy) is 2. The predicted molar refractivity (Wildman–Crippen MR) is 108 cm³/mol. The van der Waals surface area contributed by atoms with Crippen LogP contribution < -0.4 is 15.0 Å². The molecule has 160 valence electrons. The molecule has 0 aliphatic carbocycles. The van der Waals surface area contributed by atoms with Crippen molar-refractivity contribution in [2.24, 2.45) is 5.10 Å². The third kappa shape index (κ3) is 5.47. The van der Waals surface area contributed by atoms with Crippen molar-refractivity contribution in [3.05, 3.63) is 48.6 Å². The second-order valence-electron chi connectivity index (χ2n) is 5.91. The highest BCUT2D eigenvalue weighted by atomic mass is 32.1. The first-order valence-corrected chi connectivity index (χ1v) is 9.15. The number of rotatable bonds is 10. The van der Waals surface area contributed by atoms with Gasteiger partial charge in [0.05, 0.1) is 31.3 Å². The fourth-order valence-corrected chi connectivity index (χ4v) is 2.54. The summed E-state index contributed by atoms with van der Waals surface area (Å²) in [6, 6.07) is 2.69. The van der Waals surface area contributed by atoms with Gasteiger partial charge in [-0.15, -0.1) is 0 Å². The van der Waals surface area contributed by atoms with E-state index in [1.165, 1.54) is 25.5 Å². The topological polar surface area (TPSA) is 162 Å². The highest BCUT2D eigenvalue weighted by molar-refractivity contribution is 7.71. The molecule has 0 radical (unpaired) electrons. The molecule has 0 saturated carbocycles. The molecule has 0 saturated heterocycles. The Kier molecular flexibility index (Phi) is 7.75. The zero-order valence-electron chi connectivity index (χ0n) is 16.2. The minimum Gasteiger partial charge on any atom is -0.493 e. The number of aromatic nitrogens is 3. The van der Waals surface area contributed by atoms with Crippen LogP contribution in [0.4, 0.5) is 5.69 Å². The molecular weight excluding hydrogens is 418 g/mol. The van der Waals surface area contributed by atoms with E-state index in [1.54, 1.807) is 0 Å².